The zero-order chi connectivity index (χ0) is 13.4. The van der Waals surface area contributed by atoms with Crippen LogP contribution in [0, 0.1) is 5.82 Å². The molecule has 1 saturated carbocycles. The summed E-state index contributed by atoms with van der Waals surface area (Å²) >= 11 is 1.91. The molecule has 0 spiro atoms. The molecule has 2 aromatic rings. The van der Waals surface area contributed by atoms with E-state index in [1.807, 2.05) is 16.3 Å². The van der Waals surface area contributed by atoms with Gasteiger partial charge in [-0.2, -0.15) is 11.8 Å². The average molecular weight is 279 g/mol. The third kappa shape index (κ3) is 2.31. The number of thioether (sulfide) groups is 1. The second-order valence-electron chi connectivity index (χ2n) is 5.15. The van der Waals surface area contributed by atoms with E-state index in [0.29, 0.717) is 17.2 Å². The maximum Gasteiger partial charge on any atom is 0.201 e. The van der Waals surface area contributed by atoms with Gasteiger partial charge < -0.3 is 10.3 Å². The maximum absolute atomic E-state index is 13.4. The van der Waals surface area contributed by atoms with Gasteiger partial charge in [-0.15, -0.1) is 0 Å². The van der Waals surface area contributed by atoms with Gasteiger partial charge in [0.1, 0.15) is 5.82 Å². The lowest BCUT2D eigenvalue weighted by atomic mass is 9.94. The van der Waals surface area contributed by atoms with E-state index in [-0.39, 0.29) is 5.82 Å². The molecule has 1 aliphatic carbocycles. The molecule has 2 atom stereocenters. The lowest BCUT2D eigenvalue weighted by Gasteiger charge is -2.29. The van der Waals surface area contributed by atoms with Crippen LogP contribution in [-0.4, -0.2) is 21.1 Å². The molecule has 1 aliphatic rings. The zero-order valence-corrected chi connectivity index (χ0v) is 11.8. The number of nitrogen functional groups attached to an aromatic ring is 1. The Balaban J connectivity index is 2.03. The molecule has 102 valence electrons. The molecule has 1 aromatic carbocycles. The van der Waals surface area contributed by atoms with Gasteiger partial charge in [0, 0.05) is 11.3 Å². The van der Waals surface area contributed by atoms with E-state index in [2.05, 4.69) is 11.2 Å². The fraction of sp³-hybridized carbons (Fsp3) is 0.500. The number of fused-ring (bicyclic) bond motifs is 1. The van der Waals surface area contributed by atoms with Gasteiger partial charge in [0.05, 0.1) is 11.0 Å². The van der Waals surface area contributed by atoms with Gasteiger partial charge in [0.25, 0.3) is 0 Å². The molecule has 0 saturated heterocycles. The number of nitrogens with zero attached hydrogens (tertiary/aromatic N) is 2. The summed E-state index contributed by atoms with van der Waals surface area (Å²) in [4.78, 5) is 4.35. The summed E-state index contributed by atoms with van der Waals surface area (Å²) in [5.74, 6) is 0.276. The summed E-state index contributed by atoms with van der Waals surface area (Å²) in [7, 11) is 0. The molecule has 2 unspecified atom stereocenters. The average Bonchev–Trinajstić information content (AvgIpc) is 2.74. The highest BCUT2D eigenvalue weighted by Gasteiger charge is 2.25. The van der Waals surface area contributed by atoms with Crippen LogP contribution in [0.1, 0.15) is 31.7 Å². The molecule has 0 amide bonds. The Bertz CT molecular complexity index is 596. The van der Waals surface area contributed by atoms with Gasteiger partial charge in [0.15, 0.2) is 0 Å². The largest absolute Gasteiger partial charge is 0.369 e. The first-order valence-corrected chi connectivity index (χ1v) is 7.93. The Kier molecular flexibility index (Phi) is 3.39. The number of halogens is 1. The van der Waals surface area contributed by atoms with Gasteiger partial charge in [0.2, 0.25) is 5.95 Å². The van der Waals surface area contributed by atoms with Gasteiger partial charge in [-0.05, 0) is 43.7 Å². The minimum Gasteiger partial charge on any atom is -0.369 e. The van der Waals surface area contributed by atoms with Crippen LogP contribution in [0.3, 0.4) is 0 Å². The topological polar surface area (TPSA) is 43.8 Å². The number of imidazole rings is 1. The van der Waals surface area contributed by atoms with Crippen molar-refractivity contribution in [3.63, 3.8) is 0 Å². The molecule has 3 rings (SSSR count). The van der Waals surface area contributed by atoms with Crippen molar-refractivity contribution < 1.29 is 4.39 Å². The molecule has 1 heterocycles. The van der Waals surface area contributed by atoms with Crippen molar-refractivity contribution in [1.82, 2.24) is 9.55 Å². The Hall–Kier alpha value is -1.23. The lowest BCUT2D eigenvalue weighted by molar-refractivity contribution is 0.371. The maximum atomic E-state index is 13.4. The predicted molar refractivity (Wildman–Crippen MR) is 78.9 cm³/mol. The minimum absolute atomic E-state index is 0.231. The molecule has 0 radical (unpaired) electrons. The van der Waals surface area contributed by atoms with E-state index in [1.54, 1.807) is 12.1 Å². The number of aromatic nitrogens is 2. The summed E-state index contributed by atoms with van der Waals surface area (Å²) in [5.41, 5.74) is 7.65. The molecule has 2 N–H and O–H groups in total. The molecule has 1 aromatic heterocycles. The molecule has 0 aliphatic heterocycles. The second-order valence-corrected chi connectivity index (χ2v) is 6.29. The van der Waals surface area contributed by atoms with Crippen molar-refractivity contribution in [3.8, 4) is 0 Å². The van der Waals surface area contributed by atoms with E-state index in [9.17, 15) is 4.39 Å². The van der Waals surface area contributed by atoms with Gasteiger partial charge in [-0.25, -0.2) is 9.37 Å². The highest BCUT2D eigenvalue weighted by atomic mass is 32.2. The van der Waals surface area contributed by atoms with Crippen molar-refractivity contribution >= 4 is 28.7 Å². The highest BCUT2D eigenvalue weighted by molar-refractivity contribution is 7.99. The second kappa shape index (κ2) is 5.04. The van der Waals surface area contributed by atoms with Crippen molar-refractivity contribution in [1.29, 1.82) is 0 Å². The Morgan fingerprint density at radius 1 is 1.42 bits per heavy atom. The van der Waals surface area contributed by atoms with E-state index in [1.165, 1.54) is 18.9 Å². The third-order valence-corrected chi connectivity index (χ3v) is 5.07. The molecule has 0 bridgehead atoms. The van der Waals surface area contributed by atoms with Crippen molar-refractivity contribution in [2.45, 2.75) is 37.0 Å². The molecule has 5 heteroatoms. The summed E-state index contributed by atoms with van der Waals surface area (Å²) in [6.07, 6.45) is 6.81. The number of benzene rings is 1. The van der Waals surface area contributed by atoms with Crippen LogP contribution < -0.4 is 5.73 Å². The number of hydrogen-bond acceptors (Lipinski definition) is 3. The third-order valence-electron chi connectivity index (χ3n) is 3.98. The molecule has 3 nitrogen and oxygen atoms in total. The smallest absolute Gasteiger partial charge is 0.201 e. The van der Waals surface area contributed by atoms with Gasteiger partial charge in [-0.3, -0.25) is 0 Å². The highest BCUT2D eigenvalue weighted by Crippen LogP contribution is 2.37. The van der Waals surface area contributed by atoms with E-state index in [0.717, 1.165) is 23.9 Å². The Morgan fingerprint density at radius 2 is 2.26 bits per heavy atom. The van der Waals surface area contributed by atoms with Crippen LogP contribution in [0.2, 0.25) is 0 Å². The Labute approximate surface area is 116 Å². The Morgan fingerprint density at radius 3 is 3.05 bits per heavy atom. The monoisotopic (exact) mass is 279 g/mol. The summed E-state index contributed by atoms with van der Waals surface area (Å²) in [5, 5.41) is 0.671. The number of hydrogen-bond donors (Lipinski definition) is 1. The number of rotatable bonds is 2. The minimum atomic E-state index is -0.231. The first-order valence-electron chi connectivity index (χ1n) is 6.65. The summed E-state index contributed by atoms with van der Waals surface area (Å²) < 4.78 is 15.5. The standard InChI is InChI=1S/C14H18FN3S/c1-19-11-4-2-3-10(8-11)18-13-7-9(15)5-6-12(13)17-14(18)16/h5-7,10-11H,2-4,8H2,1H3,(H2,16,17). The summed E-state index contributed by atoms with van der Waals surface area (Å²) in [6.45, 7) is 0. The normalized spacial score (nSPS) is 23.9. The van der Waals surface area contributed by atoms with Crippen molar-refractivity contribution in [3.05, 3.63) is 24.0 Å². The predicted octanol–water partition coefficient (Wildman–Crippen LogP) is 3.60. The fourth-order valence-electron chi connectivity index (χ4n) is 3.04. The summed E-state index contributed by atoms with van der Waals surface area (Å²) in [6, 6.07) is 5.02. The van der Waals surface area contributed by atoms with E-state index in [4.69, 9.17) is 5.73 Å². The fourth-order valence-corrected chi connectivity index (χ4v) is 3.85. The number of nitrogens with two attached hydrogens (primary N) is 1. The quantitative estimate of drug-likeness (QED) is 0.913. The first kappa shape index (κ1) is 12.8. The van der Waals surface area contributed by atoms with Crippen LogP contribution in [0.25, 0.3) is 11.0 Å². The van der Waals surface area contributed by atoms with Crippen LogP contribution in [0.4, 0.5) is 10.3 Å². The molecular formula is C14H18FN3S. The van der Waals surface area contributed by atoms with Gasteiger partial charge >= 0.3 is 0 Å². The van der Waals surface area contributed by atoms with Crippen LogP contribution in [-0.2, 0) is 0 Å². The van der Waals surface area contributed by atoms with Gasteiger partial charge in [-0.1, -0.05) is 6.42 Å². The van der Waals surface area contributed by atoms with Crippen LogP contribution >= 0.6 is 11.8 Å². The molecule has 1 fully saturated rings. The molecule has 19 heavy (non-hydrogen) atoms. The zero-order valence-electron chi connectivity index (χ0n) is 11.0. The van der Waals surface area contributed by atoms with Crippen LogP contribution in [0.5, 0.6) is 0 Å². The lowest BCUT2D eigenvalue weighted by Crippen LogP contribution is -2.21. The van der Waals surface area contributed by atoms with E-state index >= 15 is 0 Å². The van der Waals surface area contributed by atoms with E-state index < -0.39 is 0 Å². The first-order chi connectivity index (χ1) is 9.19. The van der Waals surface area contributed by atoms with Crippen molar-refractivity contribution in [2.75, 3.05) is 12.0 Å². The molecular weight excluding hydrogens is 261 g/mol. The SMILES string of the molecule is CSC1CCCC(n2c(N)nc3ccc(F)cc32)C1. The number of anilines is 1. The van der Waals surface area contributed by atoms with Crippen molar-refractivity contribution in [2.24, 2.45) is 0 Å². The van der Waals surface area contributed by atoms with Crippen LogP contribution in [0.15, 0.2) is 18.2 Å².